The van der Waals surface area contributed by atoms with Crippen LogP contribution < -0.4 is 5.73 Å². The molecule has 0 aromatic rings. The summed E-state index contributed by atoms with van der Waals surface area (Å²) in [4.78, 5) is 14.6. The predicted octanol–water partition coefficient (Wildman–Crippen LogP) is 2.41. The molecule has 0 aromatic heterocycles. The number of ether oxygens (including phenoxy) is 1. The lowest BCUT2D eigenvalue weighted by Crippen LogP contribution is -2.41. The maximum atomic E-state index is 12.6. The molecule has 0 radical (unpaired) electrons. The number of nitrogens with zero attached hydrogens (tertiary/aromatic N) is 1. The molecule has 1 heterocycles. The zero-order valence-corrected chi connectivity index (χ0v) is 13.6. The second-order valence-electron chi connectivity index (χ2n) is 6.75. The van der Waals surface area contributed by atoms with E-state index in [9.17, 15) is 4.79 Å². The van der Waals surface area contributed by atoms with Gasteiger partial charge in [-0.1, -0.05) is 27.7 Å². The third-order valence-electron chi connectivity index (χ3n) is 3.91. The predicted molar refractivity (Wildman–Crippen MR) is 82.4 cm³/mol. The number of amides is 1. The second-order valence-corrected chi connectivity index (χ2v) is 6.75. The van der Waals surface area contributed by atoms with Gasteiger partial charge in [-0.25, -0.2) is 0 Å². The zero-order valence-electron chi connectivity index (χ0n) is 13.6. The molecule has 0 aromatic carbocycles. The molecule has 0 bridgehead atoms. The number of carbonyl (C=O) groups excluding carboxylic acids is 1. The van der Waals surface area contributed by atoms with Crippen LogP contribution in [0.15, 0.2) is 0 Å². The van der Waals surface area contributed by atoms with Crippen molar-refractivity contribution in [3.8, 4) is 0 Å². The molecule has 2 N–H and O–H groups in total. The third-order valence-corrected chi connectivity index (χ3v) is 3.91. The van der Waals surface area contributed by atoms with Crippen molar-refractivity contribution in [2.75, 3.05) is 19.6 Å². The Morgan fingerprint density at radius 1 is 1.15 bits per heavy atom. The summed E-state index contributed by atoms with van der Waals surface area (Å²) in [5, 5.41) is 0. The lowest BCUT2D eigenvalue weighted by atomic mass is 10.1. The minimum atomic E-state index is -0.261. The normalized spacial score (nSPS) is 22.8. The van der Waals surface area contributed by atoms with Crippen molar-refractivity contribution < 1.29 is 9.53 Å². The van der Waals surface area contributed by atoms with E-state index in [0.717, 1.165) is 38.8 Å². The average Bonchev–Trinajstić information content (AvgIpc) is 2.86. The van der Waals surface area contributed by atoms with Gasteiger partial charge in [0.05, 0.1) is 6.10 Å². The van der Waals surface area contributed by atoms with E-state index >= 15 is 0 Å². The number of rotatable bonds is 8. The monoisotopic (exact) mass is 284 g/mol. The van der Waals surface area contributed by atoms with Crippen LogP contribution in [0.1, 0.15) is 53.4 Å². The minimum Gasteiger partial charge on any atom is -0.364 e. The van der Waals surface area contributed by atoms with E-state index in [2.05, 4.69) is 27.7 Å². The van der Waals surface area contributed by atoms with Gasteiger partial charge in [0.1, 0.15) is 6.10 Å². The highest BCUT2D eigenvalue weighted by Gasteiger charge is 2.32. The van der Waals surface area contributed by atoms with Crippen LogP contribution in [-0.4, -0.2) is 42.6 Å². The molecule has 1 rings (SSSR count). The lowest BCUT2D eigenvalue weighted by Gasteiger charge is -2.27. The van der Waals surface area contributed by atoms with Gasteiger partial charge in [-0.2, -0.15) is 0 Å². The lowest BCUT2D eigenvalue weighted by molar-refractivity contribution is -0.143. The van der Waals surface area contributed by atoms with Gasteiger partial charge in [0.15, 0.2) is 0 Å². The van der Waals surface area contributed by atoms with Gasteiger partial charge < -0.3 is 15.4 Å². The van der Waals surface area contributed by atoms with E-state index in [-0.39, 0.29) is 18.1 Å². The smallest absolute Gasteiger partial charge is 0.251 e. The molecule has 4 nitrogen and oxygen atoms in total. The van der Waals surface area contributed by atoms with Crippen LogP contribution in [-0.2, 0) is 9.53 Å². The molecule has 1 saturated heterocycles. The largest absolute Gasteiger partial charge is 0.364 e. The van der Waals surface area contributed by atoms with Crippen LogP contribution in [0.5, 0.6) is 0 Å². The molecule has 20 heavy (non-hydrogen) atoms. The SMILES string of the molecule is CC(C)CCN(CCC(C)C)C(=O)[C@@H]1CC[C@H](CN)O1. The molecule has 1 fully saturated rings. The van der Waals surface area contributed by atoms with Crippen molar-refractivity contribution in [3.05, 3.63) is 0 Å². The summed E-state index contributed by atoms with van der Waals surface area (Å²) in [6, 6.07) is 0. The van der Waals surface area contributed by atoms with Crippen LogP contribution in [0, 0.1) is 11.8 Å². The third kappa shape index (κ3) is 5.80. The van der Waals surface area contributed by atoms with E-state index in [1.54, 1.807) is 0 Å². The first-order chi connectivity index (χ1) is 9.43. The molecule has 1 aliphatic rings. The highest BCUT2D eigenvalue weighted by atomic mass is 16.5. The van der Waals surface area contributed by atoms with Gasteiger partial charge in [0.2, 0.25) is 0 Å². The molecule has 0 unspecified atom stereocenters. The summed E-state index contributed by atoms with van der Waals surface area (Å²) in [5.74, 6) is 1.40. The Morgan fingerprint density at radius 2 is 1.70 bits per heavy atom. The Hall–Kier alpha value is -0.610. The van der Waals surface area contributed by atoms with Crippen LogP contribution >= 0.6 is 0 Å². The maximum Gasteiger partial charge on any atom is 0.251 e. The summed E-state index contributed by atoms with van der Waals surface area (Å²) < 4.78 is 5.75. The standard InChI is InChI=1S/C16H32N2O2/c1-12(2)7-9-18(10-8-13(3)4)16(19)15-6-5-14(11-17)20-15/h12-15H,5-11,17H2,1-4H3/t14-,15+/m1/s1. The Kier molecular flexibility index (Phi) is 7.52. The van der Waals surface area contributed by atoms with E-state index in [1.807, 2.05) is 4.90 Å². The second kappa shape index (κ2) is 8.63. The summed E-state index contributed by atoms with van der Waals surface area (Å²) in [6.45, 7) is 11.0. The van der Waals surface area contributed by atoms with Crippen LogP contribution in [0.25, 0.3) is 0 Å². The first-order valence-electron chi connectivity index (χ1n) is 8.08. The Balaban J connectivity index is 2.54. The highest BCUT2D eigenvalue weighted by Crippen LogP contribution is 2.21. The Bertz CT molecular complexity index is 280. The van der Waals surface area contributed by atoms with E-state index in [0.29, 0.717) is 18.4 Å². The number of carbonyl (C=O) groups is 1. The average molecular weight is 284 g/mol. The Morgan fingerprint density at radius 3 is 2.10 bits per heavy atom. The van der Waals surface area contributed by atoms with Crippen molar-refractivity contribution in [2.24, 2.45) is 17.6 Å². The fraction of sp³-hybridized carbons (Fsp3) is 0.938. The van der Waals surface area contributed by atoms with Crippen molar-refractivity contribution in [2.45, 2.75) is 65.6 Å². The summed E-state index contributed by atoms with van der Waals surface area (Å²) in [6.07, 6.45) is 3.65. The molecular formula is C16H32N2O2. The molecular weight excluding hydrogens is 252 g/mol. The van der Waals surface area contributed by atoms with Gasteiger partial charge >= 0.3 is 0 Å². The molecule has 1 aliphatic heterocycles. The first-order valence-corrected chi connectivity index (χ1v) is 8.08. The van der Waals surface area contributed by atoms with Gasteiger partial charge in [0, 0.05) is 19.6 Å². The fourth-order valence-corrected chi connectivity index (χ4v) is 2.42. The van der Waals surface area contributed by atoms with Crippen LogP contribution in [0.4, 0.5) is 0 Å². The minimum absolute atomic E-state index is 0.0704. The van der Waals surface area contributed by atoms with Crippen molar-refractivity contribution in [1.82, 2.24) is 4.90 Å². The van der Waals surface area contributed by atoms with Gasteiger partial charge in [0.25, 0.3) is 5.91 Å². The number of hydrogen-bond acceptors (Lipinski definition) is 3. The Labute approximate surface area is 124 Å². The van der Waals surface area contributed by atoms with E-state index in [4.69, 9.17) is 10.5 Å². The summed E-state index contributed by atoms with van der Waals surface area (Å²) >= 11 is 0. The fourth-order valence-electron chi connectivity index (χ4n) is 2.42. The number of nitrogens with two attached hydrogens (primary N) is 1. The van der Waals surface area contributed by atoms with Crippen LogP contribution in [0.3, 0.4) is 0 Å². The highest BCUT2D eigenvalue weighted by molar-refractivity contribution is 5.81. The first kappa shape index (κ1) is 17.4. The van der Waals surface area contributed by atoms with E-state index < -0.39 is 0 Å². The quantitative estimate of drug-likeness (QED) is 0.744. The molecule has 1 amide bonds. The molecule has 4 heteroatoms. The van der Waals surface area contributed by atoms with Crippen molar-refractivity contribution in [1.29, 1.82) is 0 Å². The maximum absolute atomic E-state index is 12.6. The van der Waals surface area contributed by atoms with E-state index in [1.165, 1.54) is 0 Å². The molecule has 0 aliphatic carbocycles. The van der Waals surface area contributed by atoms with Gasteiger partial charge in [-0.05, 0) is 37.5 Å². The molecule has 118 valence electrons. The van der Waals surface area contributed by atoms with Crippen molar-refractivity contribution >= 4 is 5.91 Å². The molecule has 0 spiro atoms. The van der Waals surface area contributed by atoms with Crippen molar-refractivity contribution in [3.63, 3.8) is 0 Å². The topological polar surface area (TPSA) is 55.6 Å². The van der Waals surface area contributed by atoms with Crippen LogP contribution in [0.2, 0.25) is 0 Å². The van der Waals surface area contributed by atoms with Gasteiger partial charge in [-0.15, -0.1) is 0 Å². The molecule has 0 saturated carbocycles. The van der Waals surface area contributed by atoms with Gasteiger partial charge in [-0.3, -0.25) is 4.79 Å². The summed E-state index contributed by atoms with van der Waals surface area (Å²) in [7, 11) is 0. The number of hydrogen-bond donors (Lipinski definition) is 1. The summed E-state index contributed by atoms with van der Waals surface area (Å²) in [5.41, 5.74) is 5.62. The zero-order chi connectivity index (χ0) is 15.1. The molecule has 2 atom stereocenters.